The normalized spacial score (nSPS) is 10.8. The van der Waals surface area contributed by atoms with Crippen LogP contribution in [0.5, 0.6) is 11.5 Å². The molecule has 0 saturated heterocycles. The van der Waals surface area contributed by atoms with E-state index >= 15 is 0 Å². The monoisotopic (exact) mass is 500 g/mol. The molecule has 2 N–H and O–H groups in total. The zero-order chi connectivity index (χ0) is 24.5. The Labute approximate surface area is 211 Å². The highest BCUT2D eigenvalue weighted by molar-refractivity contribution is 6.32. The Morgan fingerprint density at radius 3 is 2.38 bits per heavy atom. The van der Waals surface area contributed by atoms with Crippen molar-refractivity contribution in [3.63, 3.8) is 0 Å². The van der Waals surface area contributed by atoms with Gasteiger partial charge in [0.1, 0.15) is 6.61 Å². The van der Waals surface area contributed by atoms with Crippen LogP contribution in [-0.4, -0.2) is 12.5 Å². The molecule has 0 aliphatic rings. The van der Waals surface area contributed by atoms with Gasteiger partial charge in [-0.1, -0.05) is 55.2 Å². The summed E-state index contributed by atoms with van der Waals surface area (Å²) in [7, 11) is 0. The van der Waals surface area contributed by atoms with Gasteiger partial charge in [0, 0.05) is 29.4 Å². The summed E-state index contributed by atoms with van der Waals surface area (Å²) in [4.78, 5) is 12.1. The molecule has 0 aliphatic carbocycles. The summed E-state index contributed by atoms with van der Waals surface area (Å²) >= 11 is 12.5. The van der Waals surface area contributed by atoms with Gasteiger partial charge in [-0.2, -0.15) is 0 Å². The highest BCUT2D eigenvalue weighted by Gasteiger charge is 2.13. The maximum absolute atomic E-state index is 12.1. The van der Waals surface area contributed by atoms with Crippen molar-refractivity contribution in [3.8, 4) is 11.5 Å². The van der Waals surface area contributed by atoms with Gasteiger partial charge in [-0.25, -0.2) is 0 Å². The van der Waals surface area contributed by atoms with E-state index in [9.17, 15) is 4.79 Å². The molecule has 0 saturated carbocycles. The minimum absolute atomic E-state index is 0.00878. The van der Waals surface area contributed by atoms with Crippen molar-refractivity contribution >= 4 is 40.5 Å². The molecule has 0 fully saturated rings. The van der Waals surface area contributed by atoms with E-state index in [1.54, 1.807) is 0 Å². The molecule has 3 aromatic rings. The number of ether oxygens (including phenoxy) is 2. The first kappa shape index (κ1) is 25.7. The Balaban J connectivity index is 1.67. The van der Waals surface area contributed by atoms with Crippen LogP contribution in [0.25, 0.3) is 0 Å². The number of amides is 1. The minimum atomic E-state index is 0.00878. The molecule has 34 heavy (non-hydrogen) atoms. The molecular formula is C27H30Cl2N2O3. The number of benzene rings is 3. The first-order valence-corrected chi connectivity index (χ1v) is 12.1. The predicted octanol–water partition coefficient (Wildman–Crippen LogP) is 7.57. The first-order chi connectivity index (χ1) is 16.3. The van der Waals surface area contributed by atoms with E-state index in [2.05, 4.69) is 10.6 Å². The van der Waals surface area contributed by atoms with Gasteiger partial charge in [-0.15, -0.1) is 0 Å². The highest BCUT2D eigenvalue weighted by atomic mass is 35.5. The van der Waals surface area contributed by atoms with Crippen LogP contribution in [0, 0.1) is 5.92 Å². The standard InChI is InChI=1S/C27H30Cl2N2O3/c1-4-33-25-14-20(13-24(29)27(25)34-17-19-8-10-21(28)11-9-19)16-30-22-6-5-7-23(15-22)31-26(32)12-18(2)3/h5-11,13-15,18,30H,4,12,16-17H2,1-3H3,(H,31,32). The van der Waals surface area contributed by atoms with Crippen molar-refractivity contribution in [3.05, 3.63) is 81.8 Å². The highest BCUT2D eigenvalue weighted by Crippen LogP contribution is 2.37. The predicted molar refractivity (Wildman–Crippen MR) is 140 cm³/mol. The maximum Gasteiger partial charge on any atom is 0.224 e. The van der Waals surface area contributed by atoms with E-state index in [4.69, 9.17) is 32.7 Å². The van der Waals surface area contributed by atoms with Gasteiger partial charge in [0.25, 0.3) is 0 Å². The molecule has 3 aromatic carbocycles. The number of hydrogen-bond donors (Lipinski definition) is 2. The Bertz CT molecular complexity index is 1100. The average Bonchev–Trinajstić information content (AvgIpc) is 2.78. The molecule has 0 unspecified atom stereocenters. The quantitative estimate of drug-likeness (QED) is 0.285. The van der Waals surface area contributed by atoms with E-state index in [0.717, 1.165) is 22.5 Å². The topological polar surface area (TPSA) is 59.6 Å². The lowest BCUT2D eigenvalue weighted by Gasteiger charge is -2.16. The van der Waals surface area contributed by atoms with E-state index in [1.807, 2.05) is 81.4 Å². The molecule has 5 nitrogen and oxygen atoms in total. The van der Waals surface area contributed by atoms with Crippen LogP contribution in [0.15, 0.2) is 60.7 Å². The molecule has 7 heteroatoms. The van der Waals surface area contributed by atoms with Crippen LogP contribution in [0.2, 0.25) is 10.0 Å². The smallest absolute Gasteiger partial charge is 0.224 e. The molecule has 0 atom stereocenters. The van der Waals surface area contributed by atoms with E-state index in [0.29, 0.717) is 53.6 Å². The second kappa shape index (κ2) is 12.5. The van der Waals surface area contributed by atoms with Crippen LogP contribution in [0.1, 0.15) is 38.3 Å². The van der Waals surface area contributed by atoms with Crippen LogP contribution in [0.4, 0.5) is 11.4 Å². The van der Waals surface area contributed by atoms with E-state index in [1.165, 1.54) is 0 Å². The van der Waals surface area contributed by atoms with Crippen LogP contribution >= 0.6 is 23.2 Å². The second-order valence-corrected chi connectivity index (χ2v) is 9.18. The fourth-order valence-corrected chi connectivity index (χ4v) is 3.77. The molecule has 0 aliphatic heterocycles. The second-order valence-electron chi connectivity index (χ2n) is 8.33. The van der Waals surface area contributed by atoms with Gasteiger partial charge < -0.3 is 20.1 Å². The largest absolute Gasteiger partial charge is 0.490 e. The number of halogens is 2. The van der Waals surface area contributed by atoms with Crippen molar-refractivity contribution in [2.45, 2.75) is 40.3 Å². The number of carbonyl (C=O) groups is 1. The third-order valence-electron chi connectivity index (χ3n) is 4.90. The number of rotatable bonds is 11. The molecule has 1 amide bonds. The maximum atomic E-state index is 12.1. The van der Waals surface area contributed by atoms with Crippen LogP contribution in [-0.2, 0) is 17.9 Å². The van der Waals surface area contributed by atoms with Crippen molar-refractivity contribution in [2.24, 2.45) is 5.92 Å². The van der Waals surface area contributed by atoms with Crippen LogP contribution in [0.3, 0.4) is 0 Å². The molecule has 0 radical (unpaired) electrons. The summed E-state index contributed by atoms with van der Waals surface area (Å²) in [5.74, 6) is 1.42. The molecule has 0 spiro atoms. The molecule has 0 bridgehead atoms. The molecular weight excluding hydrogens is 471 g/mol. The number of nitrogens with one attached hydrogen (secondary N) is 2. The third kappa shape index (κ3) is 7.86. The van der Waals surface area contributed by atoms with Gasteiger partial charge in [-0.05, 0) is 66.4 Å². The zero-order valence-corrected chi connectivity index (χ0v) is 21.2. The Kier molecular flexibility index (Phi) is 9.49. The molecule has 3 rings (SSSR count). The summed E-state index contributed by atoms with van der Waals surface area (Å²) in [5, 5.41) is 7.47. The lowest BCUT2D eigenvalue weighted by molar-refractivity contribution is -0.116. The van der Waals surface area contributed by atoms with Crippen LogP contribution < -0.4 is 20.1 Å². The van der Waals surface area contributed by atoms with Gasteiger partial charge in [0.2, 0.25) is 5.91 Å². The Hall–Kier alpha value is -2.89. The average molecular weight is 501 g/mol. The molecule has 0 aromatic heterocycles. The summed E-state index contributed by atoms with van der Waals surface area (Å²) in [6.07, 6.45) is 0.489. The fourth-order valence-electron chi connectivity index (χ4n) is 3.36. The molecule has 0 heterocycles. The SMILES string of the molecule is CCOc1cc(CNc2cccc(NC(=O)CC(C)C)c2)cc(Cl)c1OCc1ccc(Cl)cc1. The first-order valence-electron chi connectivity index (χ1n) is 11.3. The number of carbonyl (C=O) groups excluding carboxylic acids is 1. The third-order valence-corrected chi connectivity index (χ3v) is 5.43. The minimum Gasteiger partial charge on any atom is -0.490 e. The van der Waals surface area contributed by atoms with Gasteiger partial charge >= 0.3 is 0 Å². The summed E-state index contributed by atoms with van der Waals surface area (Å²) in [6.45, 7) is 7.33. The summed E-state index contributed by atoms with van der Waals surface area (Å²) < 4.78 is 11.8. The fraction of sp³-hybridized carbons (Fsp3) is 0.296. The van der Waals surface area contributed by atoms with Gasteiger partial charge in [0.05, 0.1) is 11.6 Å². The Morgan fingerprint density at radius 1 is 0.941 bits per heavy atom. The van der Waals surface area contributed by atoms with E-state index in [-0.39, 0.29) is 5.91 Å². The van der Waals surface area contributed by atoms with Gasteiger partial charge in [0.15, 0.2) is 11.5 Å². The van der Waals surface area contributed by atoms with Crippen molar-refractivity contribution in [1.82, 2.24) is 0 Å². The lowest BCUT2D eigenvalue weighted by Crippen LogP contribution is -2.13. The Morgan fingerprint density at radius 2 is 1.68 bits per heavy atom. The number of anilines is 2. The van der Waals surface area contributed by atoms with Crippen molar-refractivity contribution in [1.29, 1.82) is 0 Å². The lowest BCUT2D eigenvalue weighted by atomic mass is 10.1. The van der Waals surface area contributed by atoms with Crippen molar-refractivity contribution in [2.75, 3.05) is 17.2 Å². The van der Waals surface area contributed by atoms with Crippen molar-refractivity contribution < 1.29 is 14.3 Å². The van der Waals surface area contributed by atoms with Gasteiger partial charge in [-0.3, -0.25) is 4.79 Å². The zero-order valence-electron chi connectivity index (χ0n) is 19.7. The summed E-state index contributed by atoms with van der Waals surface area (Å²) in [5.41, 5.74) is 3.57. The molecule has 180 valence electrons. The summed E-state index contributed by atoms with van der Waals surface area (Å²) in [6, 6.07) is 18.9. The number of hydrogen-bond acceptors (Lipinski definition) is 4. The van der Waals surface area contributed by atoms with E-state index < -0.39 is 0 Å².